The highest BCUT2D eigenvalue weighted by Gasteiger charge is 2.08. The Bertz CT molecular complexity index is 316. The summed E-state index contributed by atoms with van der Waals surface area (Å²) >= 11 is 0. The molecule has 1 aromatic rings. The normalized spacial score (nSPS) is 12.2. The van der Waals surface area contributed by atoms with Crippen molar-refractivity contribution in [2.45, 2.75) is 19.4 Å². The van der Waals surface area contributed by atoms with Crippen LogP contribution in [0.4, 0.5) is 11.8 Å². The molecule has 0 spiro atoms. The molecule has 0 aliphatic rings. The van der Waals surface area contributed by atoms with Crippen LogP contribution >= 0.6 is 0 Å². The highest BCUT2D eigenvalue weighted by atomic mass is 16.5. The number of ether oxygens (including phenoxy) is 1. The van der Waals surface area contributed by atoms with Crippen LogP contribution in [0.3, 0.4) is 0 Å². The molecule has 0 fully saturated rings. The molecule has 0 aliphatic carbocycles. The Morgan fingerprint density at radius 3 is 3.00 bits per heavy atom. The summed E-state index contributed by atoms with van der Waals surface area (Å²) in [6, 6.07) is 1.84. The van der Waals surface area contributed by atoms with Crippen LogP contribution in [0.1, 0.15) is 13.3 Å². The molecule has 1 rings (SSSR count). The minimum Gasteiger partial charge on any atom is -0.396 e. The Hall–Kier alpha value is -1.40. The fourth-order valence-electron chi connectivity index (χ4n) is 1.45. The van der Waals surface area contributed by atoms with Crippen molar-refractivity contribution in [2.75, 3.05) is 37.5 Å². The van der Waals surface area contributed by atoms with Gasteiger partial charge in [-0.3, -0.25) is 0 Å². The molecule has 0 amide bonds. The van der Waals surface area contributed by atoms with Crippen molar-refractivity contribution >= 4 is 11.8 Å². The number of nitrogens with one attached hydrogen (secondary N) is 2. The van der Waals surface area contributed by atoms with E-state index in [1.165, 1.54) is 0 Å². The molecule has 0 aliphatic heterocycles. The topological polar surface area (TPSA) is 79.3 Å². The van der Waals surface area contributed by atoms with E-state index in [0.29, 0.717) is 19.0 Å². The zero-order valence-electron chi connectivity index (χ0n) is 10.3. The van der Waals surface area contributed by atoms with Gasteiger partial charge in [-0.25, -0.2) is 4.98 Å². The van der Waals surface area contributed by atoms with Gasteiger partial charge in [-0.2, -0.15) is 4.98 Å². The van der Waals surface area contributed by atoms with Crippen LogP contribution < -0.4 is 10.6 Å². The minimum absolute atomic E-state index is 0.0503. The predicted octanol–water partition coefficient (Wildman–Crippen LogP) is 0.718. The molecule has 96 valence electrons. The third-order valence-corrected chi connectivity index (χ3v) is 2.19. The summed E-state index contributed by atoms with van der Waals surface area (Å²) in [7, 11) is 1.64. The molecule has 3 N–H and O–H groups in total. The van der Waals surface area contributed by atoms with E-state index < -0.39 is 0 Å². The van der Waals surface area contributed by atoms with Gasteiger partial charge in [0.2, 0.25) is 5.95 Å². The van der Waals surface area contributed by atoms with Gasteiger partial charge < -0.3 is 20.5 Å². The number of aliphatic hydroxyl groups is 1. The SMILES string of the molecule is CCNc1nccc(NC(CCO)COC)n1. The molecule has 0 bridgehead atoms. The third kappa shape index (κ3) is 4.97. The van der Waals surface area contributed by atoms with Crippen molar-refractivity contribution < 1.29 is 9.84 Å². The monoisotopic (exact) mass is 240 g/mol. The maximum atomic E-state index is 8.94. The van der Waals surface area contributed by atoms with E-state index in [-0.39, 0.29) is 12.6 Å². The zero-order chi connectivity index (χ0) is 12.5. The van der Waals surface area contributed by atoms with E-state index in [2.05, 4.69) is 20.6 Å². The summed E-state index contributed by atoms with van der Waals surface area (Å²) in [5.74, 6) is 1.32. The van der Waals surface area contributed by atoms with Gasteiger partial charge >= 0.3 is 0 Å². The van der Waals surface area contributed by atoms with Gasteiger partial charge in [0.25, 0.3) is 0 Å². The van der Waals surface area contributed by atoms with Crippen LogP contribution in [0.2, 0.25) is 0 Å². The van der Waals surface area contributed by atoms with Crippen LogP contribution in [-0.2, 0) is 4.74 Å². The average molecular weight is 240 g/mol. The molecule has 1 atom stereocenters. The highest BCUT2D eigenvalue weighted by molar-refractivity contribution is 5.40. The minimum atomic E-state index is 0.0503. The van der Waals surface area contributed by atoms with Crippen molar-refractivity contribution in [1.82, 2.24) is 9.97 Å². The fourth-order valence-corrected chi connectivity index (χ4v) is 1.45. The third-order valence-electron chi connectivity index (χ3n) is 2.19. The number of aliphatic hydroxyl groups excluding tert-OH is 1. The van der Waals surface area contributed by atoms with Crippen molar-refractivity contribution in [1.29, 1.82) is 0 Å². The Morgan fingerprint density at radius 2 is 2.35 bits per heavy atom. The number of nitrogens with zero attached hydrogens (tertiary/aromatic N) is 2. The first-order valence-electron chi connectivity index (χ1n) is 5.73. The standard InChI is InChI=1S/C11H20N4O2/c1-3-12-11-13-6-4-10(15-11)14-9(5-7-16)8-17-2/h4,6,9,16H,3,5,7-8H2,1-2H3,(H2,12,13,14,15). The zero-order valence-corrected chi connectivity index (χ0v) is 10.3. The number of hydrogen-bond donors (Lipinski definition) is 3. The van der Waals surface area contributed by atoms with Gasteiger partial charge in [-0.05, 0) is 19.4 Å². The molecule has 1 unspecified atom stereocenters. The Labute approximate surface area is 101 Å². The lowest BCUT2D eigenvalue weighted by Gasteiger charge is -2.17. The lowest BCUT2D eigenvalue weighted by atomic mass is 10.2. The first-order valence-corrected chi connectivity index (χ1v) is 5.73. The smallest absolute Gasteiger partial charge is 0.224 e. The van der Waals surface area contributed by atoms with E-state index in [9.17, 15) is 0 Å². The summed E-state index contributed by atoms with van der Waals surface area (Å²) in [4.78, 5) is 8.38. The summed E-state index contributed by atoms with van der Waals surface area (Å²) in [5, 5.41) is 15.2. The van der Waals surface area contributed by atoms with Crippen molar-refractivity contribution in [3.8, 4) is 0 Å². The fraction of sp³-hybridized carbons (Fsp3) is 0.636. The van der Waals surface area contributed by atoms with E-state index in [1.54, 1.807) is 19.4 Å². The number of hydrogen-bond acceptors (Lipinski definition) is 6. The molecular formula is C11H20N4O2. The predicted molar refractivity (Wildman–Crippen MR) is 67.2 cm³/mol. The van der Waals surface area contributed by atoms with Gasteiger partial charge in [-0.15, -0.1) is 0 Å². The van der Waals surface area contributed by atoms with E-state index in [1.807, 2.05) is 6.92 Å². The van der Waals surface area contributed by atoms with Crippen molar-refractivity contribution in [3.63, 3.8) is 0 Å². The van der Waals surface area contributed by atoms with Gasteiger partial charge in [0.15, 0.2) is 0 Å². The molecule has 0 aromatic carbocycles. The first kappa shape index (κ1) is 13.7. The molecule has 6 heteroatoms. The van der Waals surface area contributed by atoms with Gasteiger partial charge in [0.1, 0.15) is 5.82 Å². The second-order valence-corrected chi connectivity index (χ2v) is 3.60. The molecule has 17 heavy (non-hydrogen) atoms. The molecule has 0 saturated heterocycles. The maximum absolute atomic E-state index is 8.94. The molecule has 1 heterocycles. The lowest BCUT2D eigenvalue weighted by Crippen LogP contribution is -2.26. The Morgan fingerprint density at radius 1 is 1.53 bits per heavy atom. The Kier molecular flexibility index (Phi) is 6.27. The largest absolute Gasteiger partial charge is 0.396 e. The second kappa shape index (κ2) is 7.81. The summed E-state index contributed by atoms with van der Waals surface area (Å²) < 4.78 is 5.07. The number of aromatic nitrogens is 2. The van der Waals surface area contributed by atoms with E-state index in [4.69, 9.17) is 9.84 Å². The first-order chi connectivity index (χ1) is 8.30. The quantitative estimate of drug-likeness (QED) is 0.621. The van der Waals surface area contributed by atoms with Crippen LogP contribution in [0, 0.1) is 0 Å². The van der Waals surface area contributed by atoms with Crippen LogP contribution in [0.15, 0.2) is 12.3 Å². The average Bonchev–Trinajstić information content (AvgIpc) is 2.30. The summed E-state index contributed by atoms with van der Waals surface area (Å²) in [6.07, 6.45) is 2.31. The molecule has 1 aromatic heterocycles. The highest BCUT2D eigenvalue weighted by Crippen LogP contribution is 2.08. The van der Waals surface area contributed by atoms with Crippen molar-refractivity contribution in [2.24, 2.45) is 0 Å². The van der Waals surface area contributed by atoms with Crippen LogP contribution in [0.25, 0.3) is 0 Å². The van der Waals surface area contributed by atoms with Gasteiger partial charge in [-0.1, -0.05) is 0 Å². The molecular weight excluding hydrogens is 220 g/mol. The Balaban J connectivity index is 2.60. The van der Waals surface area contributed by atoms with Crippen molar-refractivity contribution in [3.05, 3.63) is 12.3 Å². The maximum Gasteiger partial charge on any atom is 0.224 e. The second-order valence-electron chi connectivity index (χ2n) is 3.60. The van der Waals surface area contributed by atoms with Gasteiger partial charge in [0, 0.05) is 26.5 Å². The number of methoxy groups -OCH3 is 1. The van der Waals surface area contributed by atoms with E-state index >= 15 is 0 Å². The summed E-state index contributed by atoms with van der Waals surface area (Å²) in [6.45, 7) is 3.41. The lowest BCUT2D eigenvalue weighted by molar-refractivity contribution is 0.170. The van der Waals surface area contributed by atoms with Crippen LogP contribution in [-0.4, -0.2) is 48.0 Å². The molecule has 0 radical (unpaired) electrons. The van der Waals surface area contributed by atoms with Crippen LogP contribution in [0.5, 0.6) is 0 Å². The summed E-state index contributed by atoms with van der Waals surface area (Å²) in [5.41, 5.74) is 0. The molecule has 0 saturated carbocycles. The van der Waals surface area contributed by atoms with E-state index in [0.717, 1.165) is 12.4 Å². The van der Waals surface area contributed by atoms with Gasteiger partial charge in [0.05, 0.1) is 12.6 Å². The number of rotatable bonds is 8. The number of anilines is 2. The molecule has 6 nitrogen and oxygen atoms in total.